The molecule has 0 aliphatic heterocycles. The third-order valence-electron chi connectivity index (χ3n) is 4.79. The Labute approximate surface area is 150 Å². The van der Waals surface area contributed by atoms with Crippen LogP contribution in [0.4, 0.5) is 0 Å². The Morgan fingerprint density at radius 2 is 2.13 bits per heavy atom. The quantitative estimate of drug-likeness (QED) is 0.780. The molecular formula is C17H30ClN3OS. The highest BCUT2D eigenvalue weighted by Gasteiger charge is 2.20. The lowest BCUT2D eigenvalue weighted by atomic mass is 9.87. The summed E-state index contributed by atoms with van der Waals surface area (Å²) in [6.45, 7) is 4.70. The largest absolute Gasteiger partial charge is 0.354 e. The summed E-state index contributed by atoms with van der Waals surface area (Å²) in [5, 5.41) is 6.27. The van der Waals surface area contributed by atoms with E-state index in [1.165, 1.54) is 37.8 Å². The predicted octanol–water partition coefficient (Wildman–Crippen LogP) is 3.64. The van der Waals surface area contributed by atoms with Crippen LogP contribution >= 0.6 is 23.7 Å². The van der Waals surface area contributed by atoms with Crippen LogP contribution in [0.2, 0.25) is 0 Å². The minimum Gasteiger partial charge on any atom is -0.354 e. The van der Waals surface area contributed by atoms with Crippen molar-refractivity contribution in [3.63, 3.8) is 0 Å². The van der Waals surface area contributed by atoms with Gasteiger partial charge in [0.05, 0.1) is 16.7 Å². The van der Waals surface area contributed by atoms with Crippen LogP contribution in [0.15, 0.2) is 5.38 Å². The van der Waals surface area contributed by atoms with Gasteiger partial charge in [-0.3, -0.25) is 4.79 Å². The highest BCUT2D eigenvalue weighted by atomic mass is 35.5. The van der Waals surface area contributed by atoms with Crippen molar-refractivity contribution in [2.24, 2.45) is 11.7 Å². The van der Waals surface area contributed by atoms with Gasteiger partial charge in [0.1, 0.15) is 0 Å². The Morgan fingerprint density at radius 3 is 2.78 bits per heavy atom. The fourth-order valence-electron chi connectivity index (χ4n) is 2.95. The molecule has 2 rings (SSSR count). The Hall–Kier alpha value is -0.650. The number of carbonyl (C=O) groups is 1. The zero-order valence-corrected chi connectivity index (χ0v) is 15.8. The molecule has 1 aliphatic carbocycles. The first-order valence-electron chi connectivity index (χ1n) is 8.59. The summed E-state index contributed by atoms with van der Waals surface area (Å²) in [6, 6.07) is -0.404. The van der Waals surface area contributed by atoms with Crippen molar-refractivity contribution in [1.29, 1.82) is 0 Å². The molecule has 23 heavy (non-hydrogen) atoms. The van der Waals surface area contributed by atoms with Crippen LogP contribution in [0, 0.1) is 5.92 Å². The fraction of sp³-hybridized carbons (Fsp3) is 0.765. The van der Waals surface area contributed by atoms with Gasteiger partial charge in [-0.25, -0.2) is 4.98 Å². The van der Waals surface area contributed by atoms with E-state index in [0.717, 1.165) is 17.8 Å². The number of carbonyl (C=O) groups excluding carboxylic acids is 1. The van der Waals surface area contributed by atoms with E-state index in [1.54, 1.807) is 11.3 Å². The number of thiazole rings is 1. The number of nitrogens with two attached hydrogens (primary N) is 1. The molecule has 1 amide bonds. The molecule has 0 bridgehead atoms. The molecule has 1 aliphatic rings. The standard InChI is InChI=1S/C17H29N3OS.ClH/c1-3-12(2)16(18)17(21)19-10-9-15-20-14(11-22-15)13-7-5-4-6-8-13;/h11-13,16H,3-10,18H2,1-2H3,(H,19,21);1H. The summed E-state index contributed by atoms with van der Waals surface area (Å²) >= 11 is 1.72. The maximum atomic E-state index is 11.9. The normalized spacial score (nSPS) is 18.0. The number of nitrogens with one attached hydrogen (secondary N) is 1. The number of halogens is 1. The molecule has 0 aromatic carbocycles. The first kappa shape index (κ1) is 20.4. The average molecular weight is 360 g/mol. The molecular weight excluding hydrogens is 330 g/mol. The van der Waals surface area contributed by atoms with Crippen LogP contribution in [-0.4, -0.2) is 23.5 Å². The van der Waals surface area contributed by atoms with Gasteiger partial charge in [-0.05, 0) is 18.8 Å². The summed E-state index contributed by atoms with van der Waals surface area (Å²) in [4.78, 5) is 16.7. The van der Waals surface area contributed by atoms with Crippen LogP contribution in [0.25, 0.3) is 0 Å². The van der Waals surface area contributed by atoms with Gasteiger partial charge < -0.3 is 11.1 Å². The van der Waals surface area contributed by atoms with Crippen LogP contribution in [0.3, 0.4) is 0 Å². The van der Waals surface area contributed by atoms with Crippen molar-refractivity contribution >= 4 is 29.7 Å². The number of hydrogen-bond donors (Lipinski definition) is 2. The Morgan fingerprint density at radius 1 is 1.43 bits per heavy atom. The smallest absolute Gasteiger partial charge is 0.237 e. The van der Waals surface area contributed by atoms with Crippen molar-refractivity contribution in [3.8, 4) is 0 Å². The fourth-order valence-corrected chi connectivity index (χ4v) is 3.83. The summed E-state index contributed by atoms with van der Waals surface area (Å²) in [5.74, 6) is 0.836. The Kier molecular flexibility index (Phi) is 9.10. The first-order valence-corrected chi connectivity index (χ1v) is 9.47. The van der Waals surface area contributed by atoms with E-state index in [9.17, 15) is 4.79 Å². The van der Waals surface area contributed by atoms with Crippen LogP contribution in [0.5, 0.6) is 0 Å². The van der Waals surface area contributed by atoms with Gasteiger partial charge in [0.15, 0.2) is 0 Å². The number of amides is 1. The molecule has 1 fully saturated rings. The van der Waals surface area contributed by atoms with Crippen molar-refractivity contribution in [3.05, 3.63) is 16.1 Å². The third-order valence-corrected chi connectivity index (χ3v) is 5.72. The van der Waals surface area contributed by atoms with Gasteiger partial charge >= 0.3 is 0 Å². The molecule has 3 N–H and O–H groups in total. The predicted molar refractivity (Wildman–Crippen MR) is 99.3 cm³/mol. The van der Waals surface area contributed by atoms with E-state index >= 15 is 0 Å². The van der Waals surface area contributed by atoms with E-state index in [-0.39, 0.29) is 24.2 Å². The van der Waals surface area contributed by atoms with Gasteiger partial charge in [0, 0.05) is 24.3 Å². The van der Waals surface area contributed by atoms with Gasteiger partial charge in [0.2, 0.25) is 5.91 Å². The van der Waals surface area contributed by atoms with Gasteiger partial charge in [-0.2, -0.15) is 0 Å². The zero-order valence-electron chi connectivity index (χ0n) is 14.2. The second-order valence-electron chi connectivity index (χ2n) is 6.45. The maximum absolute atomic E-state index is 11.9. The molecule has 0 saturated heterocycles. The number of aromatic nitrogens is 1. The third kappa shape index (κ3) is 6.05. The lowest BCUT2D eigenvalue weighted by molar-refractivity contribution is -0.123. The second-order valence-corrected chi connectivity index (χ2v) is 7.40. The highest BCUT2D eigenvalue weighted by molar-refractivity contribution is 7.09. The molecule has 4 nitrogen and oxygen atoms in total. The van der Waals surface area contributed by atoms with E-state index in [2.05, 4.69) is 17.6 Å². The lowest BCUT2D eigenvalue weighted by Gasteiger charge is -2.19. The van der Waals surface area contributed by atoms with Crippen molar-refractivity contribution in [2.45, 2.75) is 70.8 Å². The molecule has 2 atom stereocenters. The zero-order chi connectivity index (χ0) is 15.9. The molecule has 6 heteroatoms. The number of rotatable bonds is 7. The minimum absolute atomic E-state index is 0. The molecule has 132 valence electrons. The molecule has 1 heterocycles. The molecule has 0 radical (unpaired) electrons. The first-order chi connectivity index (χ1) is 10.6. The number of hydrogen-bond acceptors (Lipinski definition) is 4. The SMILES string of the molecule is CCC(C)C(N)C(=O)NCCc1nc(C2CCCCC2)cs1.Cl. The van der Waals surface area contributed by atoms with E-state index in [4.69, 9.17) is 10.7 Å². The summed E-state index contributed by atoms with van der Waals surface area (Å²) < 4.78 is 0. The monoisotopic (exact) mass is 359 g/mol. The molecule has 1 saturated carbocycles. The van der Waals surface area contributed by atoms with Gasteiger partial charge in [-0.1, -0.05) is 39.5 Å². The highest BCUT2D eigenvalue weighted by Crippen LogP contribution is 2.33. The molecule has 1 aromatic heterocycles. The topological polar surface area (TPSA) is 68.0 Å². The van der Waals surface area contributed by atoms with E-state index in [1.807, 2.05) is 6.92 Å². The number of nitrogens with zero attached hydrogens (tertiary/aromatic N) is 1. The molecule has 1 aromatic rings. The summed E-state index contributed by atoms with van der Waals surface area (Å²) in [5.41, 5.74) is 7.19. The van der Waals surface area contributed by atoms with Gasteiger partial charge in [0.25, 0.3) is 0 Å². The van der Waals surface area contributed by atoms with Crippen molar-refractivity contribution < 1.29 is 4.79 Å². The van der Waals surface area contributed by atoms with Crippen LogP contribution in [0.1, 0.15) is 69.0 Å². The average Bonchev–Trinajstić information content (AvgIpc) is 3.03. The Bertz CT molecular complexity index is 474. The van der Waals surface area contributed by atoms with Gasteiger partial charge in [-0.15, -0.1) is 23.7 Å². The van der Waals surface area contributed by atoms with Crippen LogP contribution in [-0.2, 0) is 11.2 Å². The summed E-state index contributed by atoms with van der Waals surface area (Å²) in [6.07, 6.45) is 8.33. The minimum atomic E-state index is -0.404. The van der Waals surface area contributed by atoms with Crippen molar-refractivity contribution in [2.75, 3.05) is 6.54 Å². The van der Waals surface area contributed by atoms with E-state index < -0.39 is 6.04 Å². The van der Waals surface area contributed by atoms with Crippen molar-refractivity contribution in [1.82, 2.24) is 10.3 Å². The van der Waals surface area contributed by atoms with Crippen LogP contribution < -0.4 is 11.1 Å². The second kappa shape index (κ2) is 10.3. The Balaban J connectivity index is 0.00000264. The lowest BCUT2D eigenvalue weighted by Crippen LogP contribution is -2.45. The molecule has 0 spiro atoms. The van der Waals surface area contributed by atoms with E-state index in [0.29, 0.717) is 12.5 Å². The maximum Gasteiger partial charge on any atom is 0.237 e. The summed E-state index contributed by atoms with van der Waals surface area (Å²) in [7, 11) is 0. The molecule has 2 unspecified atom stereocenters.